The van der Waals surface area contributed by atoms with E-state index in [0.29, 0.717) is 18.9 Å². The van der Waals surface area contributed by atoms with Crippen molar-refractivity contribution in [3.05, 3.63) is 54.1 Å². The van der Waals surface area contributed by atoms with Crippen molar-refractivity contribution < 1.29 is 9.53 Å². The zero-order chi connectivity index (χ0) is 16.7. The van der Waals surface area contributed by atoms with Gasteiger partial charge in [0.1, 0.15) is 5.75 Å². The molecule has 4 nitrogen and oxygen atoms in total. The quantitative estimate of drug-likeness (QED) is 0.802. The van der Waals surface area contributed by atoms with Crippen LogP contribution in [0.2, 0.25) is 0 Å². The summed E-state index contributed by atoms with van der Waals surface area (Å²) in [5.41, 5.74) is 2.85. The van der Waals surface area contributed by atoms with Crippen LogP contribution < -0.4 is 15.4 Å². The van der Waals surface area contributed by atoms with Crippen molar-refractivity contribution in [2.24, 2.45) is 5.92 Å². The molecule has 0 aliphatic rings. The zero-order valence-electron chi connectivity index (χ0n) is 13.9. The van der Waals surface area contributed by atoms with Gasteiger partial charge in [0.2, 0.25) is 5.91 Å². The molecule has 23 heavy (non-hydrogen) atoms. The normalized spacial score (nSPS) is 10.4. The number of methoxy groups -OCH3 is 1. The first-order chi connectivity index (χ1) is 11.1. The van der Waals surface area contributed by atoms with Crippen molar-refractivity contribution in [1.29, 1.82) is 0 Å². The van der Waals surface area contributed by atoms with Crippen molar-refractivity contribution >= 4 is 17.3 Å². The fraction of sp³-hybridized carbons (Fsp3) is 0.316. The van der Waals surface area contributed by atoms with Crippen LogP contribution in [-0.2, 0) is 11.3 Å². The molecule has 2 rings (SSSR count). The van der Waals surface area contributed by atoms with Crippen molar-refractivity contribution in [3.8, 4) is 5.75 Å². The highest BCUT2D eigenvalue weighted by Crippen LogP contribution is 2.20. The lowest BCUT2D eigenvalue weighted by molar-refractivity contribution is -0.116. The number of nitrogens with one attached hydrogen (secondary N) is 2. The smallest absolute Gasteiger partial charge is 0.224 e. The Morgan fingerprint density at radius 1 is 1.09 bits per heavy atom. The second-order valence-electron chi connectivity index (χ2n) is 5.89. The molecule has 0 spiro atoms. The Labute approximate surface area is 137 Å². The zero-order valence-corrected chi connectivity index (χ0v) is 13.9. The third-order valence-corrected chi connectivity index (χ3v) is 3.42. The van der Waals surface area contributed by atoms with E-state index in [2.05, 4.69) is 10.6 Å². The van der Waals surface area contributed by atoms with E-state index in [0.717, 1.165) is 22.7 Å². The fourth-order valence-electron chi connectivity index (χ4n) is 2.34. The van der Waals surface area contributed by atoms with Gasteiger partial charge in [0, 0.05) is 29.9 Å². The summed E-state index contributed by atoms with van der Waals surface area (Å²) in [6.07, 6.45) is 0.527. The molecule has 0 saturated carbocycles. The summed E-state index contributed by atoms with van der Waals surface area (Å²) in [6.45, 7) is 4.73. The Hall–Kier alpha value is -2.49. The van der Waals surface area contributed by atoms with Gasteiger partial charge >= 0.3 is 0 Å². The first-order valence-corrected chi connectivity index (χ1v) is 7.84. The van der Waals surface area contributed by atoms with E-state index in [1.54, 1.807) is 7.11 Å². The summed E-state index contributed by atoms with van der Waals surface area (Å²) in [5, 5.41) is 6.29. The van der Waals surface area contributed by atoms with Gasteiger partial charge in [-0.05, 0) is 30.2 Å². The Morgan fingerprint density at radius 3 is 2.57 bits per heavy atom. The largest absolute Gasteiger partial charge is 0.496 e. The number of amides is 1. The molecule has 4 heteroatoms. The number of hydrogen-bond acceptors (Lipinski definition) is 3. The number of carbonyl (C=O) groups excluding carboxylic acids is 1. The number of carbonyl (C=O) groups is 1. The van der Waals surface area contributed by atoms with Gasteiger partial charge in [0.05, 0.1) is 7.11 Å². The lowest BCUT2D eigenvalue weighted by atomic mass is 10.1. The monoisotopic (exact) mass is 312 g/mol. The Bertz CT molecular complexity index is 653. The SMILES string of the molecule is COc1ccccc1CNc1cccc(NC(=O)CC(C)C)c1. The van der Waals surface area contributed by atoms with Crippen LogP contribution in [-0.4, -0.2) is 13.0 Å². The average molecular weight is 312 g/mol. The highest BCUT2D eigenvalue weighted by Gasteiger charge is 2.06. The predicted octanol–water partition coefficient (Wildman–Crippen LogP) is 4.29. The van der Waals surface area contributed by atoms with Crippen LogP contribution in [0.15, 0.2) is 48.5 Å². The Kier molecular flexibility index (Phi) is 6.03. The van der Waals surface area contributed by atoms with Crippen LogP contribution in [0.4, 0.5) is 11.4 Å². The van der Waals surface area contributed by atoms with E-state index in [4.69, 9.17) is 4.74 Å². The minimum Gasteiger partial charge on any atom is -0.496 e. The van der Waals surface area contributed by atoms with Gasteiger partial charge in [-0.2, -0.15) is 0 Å². The van der Waals surface area contributed by atoms with E-state index in [1.165, 1.54) is 0 Å². The molecule has 2 aromatic rings. The van der Waals surface area contributed by atoms with Crippen molar-refractivity contribution in [2.75, 3.05) is 17.7 Å². The molecule has 0 atom stereocenters. The average Bonchev–Trinajstić information content (AvgIpc) is 2.52. The maximum atomic E-state index is 11.8. The maximum absolute atomic E-state index is 11.8. The second kappa shape index (κ2) is 8.22. The van der Waals surface area contributed by atoms with Gasteiger partial charge < -0.3 is 15.4 Å². The van der Waals surface area contributed by atoms with E-state index < -0.39 is 0 Å². The maximum Gasteiger partial charge on any atom is 0.224 e. The van der Waals surface area contributed by atoms with Gasteiger partial charge in [0.25, 0.3) is 0 Å². The summed E-state index contributed by atoms with van der Waals surface area (Å²) in [7, 11) is 1.67. The molecule has 0 saturated heterocycles. The third-order valence-electron chi connectivity index (χ3n) is 3.42. The van der Waals surface area contributed by atoms with Gasteiger partial charge in [0.15, 0.2) is 0 Å². The molecule has 0 aliphatic heterocycles. The highest BCUT2D eigenvalue weighted by atomic mass is 16.5. The lowest BCUT2D eigenvalue weighted by Gasteiger charge is -2.12. The summed E-state index contributed by atoms with van der Waals surface area (Å²) in [4.78, 5) is 11.8. The number of rotatable bonds is 7. The molecule has 0 fully saturated rings. The van der Waals surface area contributed by atoms with E-state index in [-0.39, 0.29) is 5.91 Å². The molecular weight excluding hydrogens is 288 g/mol. The van der Waals surface area contributed by atoms with Gasteiger partial charge in [-0.25, -0.2) is 0 Å². The molecule has 0 bridgehead atoms. The number of benzene rings is 2. The molecule has 2 aromatic carbocycles. The van der Waals surface area contributed by atoms with Gasteiger partial charge in [-0.3, -0.25) is 4.79 Å². The molecule has 0 unspecified atom stereocenters. The number of ether oxygens (including phenoxy) is 1. The van der Waals surface area contributed by atoms with Gasteiger partial charge in [-0.15, -0.1) is 0 Å². The van der Waals surface area contributed by atoms with E-state index >= 15 is 0 Å². The molecular formula is C19H24N2O2. The molecule has 0 aliphatic carbocycles. The standard InChI is InChI=1S/C19H24N2O2/c1-14(2)11-19(22)21-17-9-6-8-16(12-17)20-13-15-7-4-5-10-18(15)23-3/h4-10,12,14,20H,11,13H2,1-3H3,(H,21,22). The molecule has 2 N–H and O–H groups in total. The molecule has 1 amide bonds. The molecule has 0 heterocycles. The van der Waals surface area contributed by atoms with Crippen LogP contribution in [0.3, 0.4) is 0 Å². The molecule has 0 radical (unpaired) electrons. The molecule has 0 aromatic heterocycles. The Balaban J connectivity index is 1.98. The minimum absolute atomic E-state index is 0.0434. The van der Waals surface area contributed by atoms with E-state index in [1.807, 2.05) is 62.4 Å². The molecule has 122 valence electrons. The summed E-state index contributed by atoms with van der Waals surface area (Å²) >= 11 is 0. The number of anilines is 2. The van der Waals surface area contributed by atoms with Crippen LogP contribution in [0, 0.1) is 5.92 Å². The summed E-state index contributed by atoms with van der Waals surface area (Å²) in [6, 6.07) is 15.7. The van der Waals surface area contributed by atoms with E-state index in [9.17, 15) is 4.79 Å². The number of hydrogen-bond donors (Lipinski definition) is 2. The topological polar surface area (TPSA) is 50.4 Å². The van der Waals surface area contributed by atoms with Crippen molar-refractivity contribution in [3.63, 3.8) is 0 Å². The minimum atomic E-state index is 0.0434. The summed E-state index contributed by atoms with van der Waals surface area (Å²) < 4.78 is 5.35. The number of para-hydroxylation sites is 1. The second-order valence-corrected chi connectivity index (χ2v) is 5.89. The third kappa shape index (κ3) is 5.33. The van der Waals surface area contributed by atoms with Crippen LogP contribution in [0.5, 0.6) is 5.75 Å². The predicted molar refractivity (Wildman–Crippen MR) is 94.8 cm³/mol. The summed E-state index contributed by atoms with van der Waals surface area (Å²) in [5.74, 6) is 1.25. The fourth-order valence-corrected chi connectivity index (χ4v) is 2.34. The van der Waals surface area contributed by atoms with Crippen LogP contribution in [0.1, 0.15) is 25.8 Å². The first-order valence-electron chi connectivity index (χ1n) is 7.84. The van der Waals surface area contributed by atoms with Crippen LogP contribution in [0.25, 0.3) is 0 Å². The Morgan fingerprint density at radius 2 is 1.83 bits per heavy atom. The lowest BCUT2D eigenvalue weighted by Crippen LogP contribution is -2.13. The van der Waals surface area contributed by atoms with Crippen molar-refractivity contribution in [1.82, 2.24) is 0 Å². The first kappa shape index (κ1) is 16.9. The van der Waals surface area contributed by atoms with Gasteiger partial charge in [-0.1, -0.05) is 38.1 Å². The van der Waals surface area contributed by atoms with Crippen molar-refractivity contribution in [2.45, 2.75) is 26.8 Å². The highest BCUT2D eigenvalue weighted by molar-refractivity contribution is 5.91. The van der Waals surface area contributed by atoms with Crippen LogP contribution >= 0.6 is 0 Å².